The van der Waals surface area contributed by atoms with Crippen molar-refractivity contribution in [3.63, 3.8) is 0 Å². The summed E-state index contributed by atoms with van der Waals surface area (Å²) in [7, 11) is 0. The Kier molecular flexibility index (Phi) is 3.80. The van der Waals surface area contributed by atoms with E-state index in [1.807, 2.05) is 30.3 Å². The maximum atomic E-state index is 6.00. The summed E-state index contributed by atoms with van der Waals surface area (Å²) in [6, 6.07) is 20.7. The molecule has 0 saturated carbocycles. The first-order valence-electron chi connectivity index (χ1n) is 6.88. The Morgan fingerprint density at radius 3 is 2.37 bits per heavy atom. The highest BCUT2D eigenvalue weighted by Crippen LogP contribution is 2.19. The Morgan fingerprint density at radius 1 is 0.947 bits per heavy atom. The third kappa shape index (κ3) is 3.36. The molecular formula is C17H19NO. The normalized spacial score (nSPS) is 19.5. The third-order valence-corrected chi connectivity index (χ3v) is 3.52. The summed E-state index contributed by atoms with van der Waals surface area (Å²) in [4.78, 5) is 2.46. The largest absolute Gasteiger partial charge is 0.489 e. The maximum absolute atomic E-state index is 6.00. The van der Waals surface area contributed by atoms with Crippen LogP contribution in [0, 0.1) is 0 Å². The van der Waals surface area contributed by atoms with Crippen molar-refractivity contribution in [2.75, 3.05) is 13.1 Å². The van der Waals surface area contributed by atoms with Gasteiger partial charge in [0.15, 0.2) is 0 Å². The fourth-order valence-electron chi connectivity index (χ4n) is 2.57. The first-order chi connectivity index (χ1) is 9.40. The van der Waals surface area contributed by atoms with Crippen LogP contribution in [0.5, 0.6) is 5.75 Å². The molecule has 1 saturated heterocycles. The highest BCUT2D eigenvalue weighted by molar-refractivity contribution is 5.21. The smallest absolute Gasteiger partial charge is 0.119 e. The Hall–Kier alpha value is -1.80. The molecule has 0 spiro atoms. The van der Waals surface area contributed by atoms with Gasteiger partial charge in [-0.3, -0.25) is 4.90 Å². The van der Waals surface area contributed by atoms with E-state index in [4.69, 9.17) is 4.74 Å². The van der Waals surface area contributed by atoms with Gasteiger partial charge in [-0.25, -0.2) is 0 Å². The van der Waals surface area contributed by atoms with Crippen LogP contribution < -0.4 is 4.74 Å². The summed E-state index contributed by atoms with van der Waals surface area (Å²) in [5, 5.41) is 0. The van der Waals surface area contributed by atoms with E-state index in [1.54, 1.807) is 0 Å². The van der Waals surface area contributed by atoms with Gasteiger partial charge in [0.2, 0.25) is 0 Å². The number of likely N-dealkylation sites (tertiary alicyclic amines) is 1. The fourth-order valence-corrected chi connectivity index (χ4v) is 2.57. The van der Waals surface area contributed by atoms with Crippen LogP contribution in [-0.4, -0.2) is 24.1 Å². The Balaban J connectivity index is 1.53. The SMILES string of the molecule is c1ccc(CN2CC[C@H](Oc3ccccc3)C2)cc1. The first-order valence-corrected chi connectivity index (χ1v) is 6.88. The van der Waals surface area contributed by atoms with E-state index in [-0.39, 0.29) is 0 Å². The average Bonchev–Trinajstić information content (AvgIpc) is 2.88. The third-order valence-electron chi connectivity index (χ3n) is 3.52. The number of hydrogen-bond acceptors (Lipinski definition) is 2. The van der Waals surface area contributed by atoms with Gasteiger partial charge in [-0.05, 0) is 24.1 Å². The molecule has 1 atom stereocenters. The minimum atomic E-state index is 0.325. The zero-order valence-electron chi connectivity index (χ0n) is 11.0. The number of ether oxygens (including phenoxy) is 1. The monoisotopic (exact) mass is 253 g/mol. The number of hydrogen-bond donors (Lipinski definition) is 0. The molecule has 0 bridgehead atoms. The second kappa shape index (κ2) is 5.89. The first kappa shape index (κ1) is 12.2. The van der Waals surface area contributed by atoms with Crippen molar-refractivity contribution in [2.45, 2.75) is 19.1 Å². The highest BCUT2D eigenvalue weighted by Gasteiger charge is 2.23. The van der Waals surface area contributed by atoms with Crippen molar-refractivity contribution in [1.82, 2.24) is 4.90 Å². The molecule has 3 rings (SSSR count). The minimum Gasteiger partial charge on any atom is -0.489 e. The molecule has 1 fully saturated rings. The van der Waals surface area contributed by atoms with Crippen molar-refractivity contribution in [2.24, 2.45) is 0 Å². The molecule has 2 heteroatoms. The molecule has 1 aliphatic heterocycles. The zero-order chi connectivity index (χ0) is 12.9. The van der Waals surface area contributed by atoms with E-state index in [0.29, 0.717) is 6.10 Å². The lowest BCUT2D eigenvalue weighted by Gasteiger charge is -2.17. The molecule has 0 N–H and O–H groups in total. The highest BCUT2D eigenvalue weighted by atomic mass is 16.5. The van der Waals surface area contributed by atoms with Gasteiger partial charge in [0.05, 0.1) is 0 Å². The average molecular weight is 253 g/mol. The van der Waals surface area contributed by atoms with Crippen LogP contribution >= 0.6 is 0 Å². The molecule has 0 radical (unpaired) electrons. The van der Waals surface area contributed by atoms with Gasteiger partial charge in [0.1, 0.15) is 11.9 Å². The van der Waals surface area contributed by atoms with E-state index in [9.17, 15) is 0 Å². The van der Waals surface area contributed by atoms with Gasteiger partial charge >= 0.3 is 0 Å². The molecule has 2 aromatic carbocycles. The van der Waals surface area contributed by atoms with Gasteiger partial charge in [-0.15, -0.1) is 0 Å². The van der Waals surface area contributed by atoms with Crippen LogP contribution in [-0.2, 0) is 6.54 Å². The van der Waals surface area contributed by atoms with Gasteiger partial charge in [-0.2, -0.15) is 0 Å². The predicted octanol–water partition coefficient (Wildman–Crippen LogP) is 3.34. The predicted molar refractivity (Wildman–Crippen MR) is 77.2 cm³/mol. The van der Waals surface area contributed by atoms with E-state index < -0.39 is 0 Å². The summed E-state index contributed by atoms with van der Waals surface area (Å²) in [5.74, 6) is 0.981. The number of nitrogens with zero attached hydrogens (tertiary/aromatic N) is 1. The van der Waals surface area contributed by atoms with Crippen LogP contribution in [0.3, 0.4) is 0 Å². The van der Waals surface area contributed by atoms with Crippen molar-refractivity contribution in [3.05, 3.63) is 66.2 Å². The van der Waals surface area contributed by atoms with E-state index >= 15 is 0 Å². The quantitative estimate of drug-likeness (QED) is 0.828. The van der Waals surface area contributed by atoms with E-state index in [1.165, 1.54) is 5.56 Å². The molecule has 19 heavy (non-hydrogen) atoms. The molecule has 0 amide bonds. The maximum Gasteiger partial charge on any atom is 0.119 e. The van der Waals surface area contributed by atoms with Gasteiger partial charge < -0.3 is 4.74 Å². The summed E-state index contributed by atoms with van der Waals surface area (Å²) in [6.07, 6.45) is 1.44. The van der Waals surface area contributed by atoms with Gasteiger partial charge in [0, 0.05) is 19.6 Å². The second-order valence-corrected chi connectivity index (χ2v) is 5.06. The second-order valence-electron chi connectivity index (χ2n) is 5.06. The molecule has 2 nitrogen and oxygen atoms in total. The molecule has 0 aliphatic carbocycles. The van der Waals surface area contributed by atoms with Gasteiger partial charge in [0.25, 0.3) is 0 Å². The molecule has 1 heterocycles. The molecule has 0 unspecified atom stereocenters. The zero-order valence-corrected chi connectivity index (χ0v) is 11.0. The number of para-hydroxylation sites is 1. The van der Waals surface area contributed by atoms with E-state index in [0.717, 1.165) is 31.8 Å². The number of rotatable bonds is 4. The minimum absolute atomic E-state index is 0.325. The van der Waals surface area contributed by atoms with Crippen LogP contribution in [0.2, 0.25) is 0 Å². The Labute approximate surface area is 114 Å². The lowest BCUT2D eigenvalue weighted by Crippen LogP contribution is -2.24. The Morgan fingerprint density at radius 2 is 1.63 bits per heavy atom. The number of benzene rings is 2. The fraction of sp³-hybridized carbons (Fsp3) is 0.294. The van der Waals surface area contributed by atoms with Crippen molar-refractivity contribution in [1.29, 1.82) is 0 Å². The van der Waals surface area contributed by atoms with Crippen LogP contribution in [0.1, 0.15) is 12.0 Å². The molecule has 1 aliphatic rings. The lowest BCUT2D eigenvalue weighted by molar-refractivity contribution is 0.198. The van der Waals surface area contributed by atoms with Crippen LogP contribution in [0.15, 0.2) is 60.7 Å². The van der Waals surface area contributed by atoms with Crippen molar-refractivity contribution in [3.8, 4) is 5.75 Å². The summed E-state index contributed by atoms with van der Waals surface area (Å²) in [6.45, 7) is 3.16. The lowest BCUT2D eigenvalue weighted by atomic mass is 10.2. The summed E-state index contributed by atoms with van der Waals surface area (Å²) in [5.41, 5.74) is 1.38. The van der Waals surface area contributed by atoms with E-state index in [2.05, 4.69) is 35.2 Å². The van der Waals surface area contributed by atoms with Crippen LogP contribution in [0.4, 0.5) is 0 Å². The summed E-state index contributed by atoms with van der Waals surface area (Å²) >= 11 is 0. The summed E-state index contributed by atoms with van der Waals surface area (Å²) < 4.78 is 6.00. The Bertz CT molecular complexity index is 450. The standard InChI is InChI=1S/C17H19NO/c1-3-7-15(8-4-1)13-18-12-11-17(14-18)19-16-9-5-2-6-10-16/h1-10,17H,11-14H2/t17-/m0/s1. The van der Waals surface area contributed by atoms with Crippen molar-refractivity contribution < 1.29 is 4.74 Å². The van der Waals surface area contributed by atoms with Crippen molar-refractivity contribution >= 4 is 0 Å². The molecule has 98 valence electrons. The molecule has 2 aromatic rings. The molecular weight excluding hydrogens is 234 g/mol. The van der Waals surface area contributed by atoms with Crippen LogP contribution in [0.25, 0.3) is 0 Å². The molecule has 0 aromatic heterocycles. The van der Waals surface area contributed by atoms with Gasteiger partial charge in [-0.1, -0.05) is 48.5 Å². The topological polar surface area (TPSA) is 12.5 Å².